The normalized spacial score (nSPS) is 10.3. The maximum absolute atomic E-state index is 11.9. The van der Waals surface area contributed by atoms with E-state index < -0.39 is 23.9 Å². The van der Waals surface area contributed by atoms with Crippen LogP contribution in [0.1, 0.15) is 58.1 Å². The van der Waals surface area contributed by atoms with Gasteiger partial charge < -0.3 is 37.9 Å². The Bertz CT molecular complexity index is 1180. The Labute approximate surface area is 238 Å². The predicted octanol–water partition coefficient (Wildman–Crippen LogP) is 4.38. The van der Waals surface area contributed by atoms with Crippen molar-refractivity contribution >= 4 is 23.9 Å². The number of carbonyl (C=O) groups is 4. The number of esters is 4. The maximum Gasteiger partial charge on any atom is 0.308 e. The van der Waals surface area contributed by atoms with E-state index in [1.807, 2.05) is 0 Å². The van der Waals surface area contributed by atoms with Crippen molar-refractivity contribution in [3.63, 3.8) is 0 Å². The van der Waals surface area contributed by atoms with Gasteiger partial charge in [0.15, 0.2) is 46.0 Å². The molecule has 0 bridgehead atoms. The number of methoxy groups -OCH3 is 4. The summed E-state index contributed by atoms with van der Waals surface area (Å²) >= 11 is 0. The first kappa shape index (κ1) is 32.7. The molecule has 2 aromatic rings. The Balaban J connectivity index is 2.38. The summed E-state index contributed by atoms with van der Waals surface area (Å²) in [5, 5.41) is 0. The minimum atomic E-state index is -0.557. The topological polar surface area (TPSA) is 142 Å². The Hall–Kier alpha value is -4.48. The van der Waals surface area contributed by atoms with E-state index in [9.17, 15) is 19.2 Å². The SMILES string of the molecule is COc1cc(OC(C)=O)c(OC)c(CCCCCc2c(OC)c(OC(C)=O)cc(OC)c2OC(C)=O)c1OC(C)=O. The van der Waals surface area contributed by atoms with Gasteiger partial charge in [-0.25, -0.2) is 0 Å². The van der Waals surface area contributed by atoms with Crippen LogP contribution in [0.3, 0.4) is 0 Å². The molecular formula is C29H36O12. The van der Waals surface area contributed by atoms with E-state index in [-0.39, 0.29) is 46.0 Å². The van der Waals surface area contributed by atoms with Gasteiger partial charge in [-0.05, 0) is 25.7 Å². The van der Waals surface area contributed by atoms with Crippen LogP contribution in [0, 0.1) is 0 Å². The highest BCUT2D eigenvalue weighted by Crippen LogP contribution is 2.47. The zero-order valence-corrected chi connectivity index (χ0v) is 24.6. The third-order valence-corrected chi connectivity index (χ3v) is 5.72. The van der Waals surface area contributed by atoms with Gasteiger partial charge in [0, 0.05) is 51.0 Å². The second-order valence-corrected chi connectivity index (χ2v) is 8.77. The lowest BCUT2D eigenvalue weighted by Gasteiger charge is -2.20. The maximum atomic E-state index is 11.9. The van der Waals surface area contributed by atoms with Gasteiger partial charge in [-0.15, -0.1) is 0 Å². The number of unbranched alkanes of at least 4 members (excludes halogenated alkanes) is 2. The first-order valence-corrected chi connectivity index (χ1v) is 12.8. The van der Waals surface area contributed by atoms with Gasteiger partial charge in [0.25, 0.3) is 0 Å². The summed E-state index contributed by atoms with van der Waals surface area (Å²) in [5.41, 5.74) is 0.991. The molecule has 2 aromatic carbocycles. The molecule has 0 aliphatic heterocycles. The smallest absolute Gasteiger partial charge is 0.308 e. The summed E-state index contributed by atoms with van der Waals surface area (Å²) in [5.74, 6) is -0.714. The van der Waals surface area contributed by atoms with Crippen molar-refractivity contribution in [2.45, 2.75) is 59.8 Å². The summed E-state index contributed by atoms with van der Waals surface area (Å²) in [6, 6.07) is 2.85. The van der Waals surface area contributed by atoms with E-state index in [1.165, 1.54) is 68.3 Å². The lowest BCUT2D eigenvalue weighted by atomic mass is 10.00. The average Bonchev–Trinajstić information content (AvgIpc) is 2.89. The largest absolute Gasteiger partial charge is 0.493 e. The monoisotopic (exact) mass is 576 g/mol. The number of benzene rings is 2. The van der Waals surface area contributed by atoms with E-state index in [1.54, 1.807) is 0 Å². The summed E-state index contributed by atoms with van der Waals surface area (Å²) in [7, 11) is 5.65. The number of carbonyl (C=O) groups excluding carboxylic acids is 4. The minimum absolute atomic E-state index is 0.132. The molecule has 0 saturated carbocycles. The van der Waals surface area contributed by atoms with Crippen molar-refractivity contribution in [3.8, 4) is 46.0 Å². The zero-order chi connectivity index (χ0) is 30.7. The molecule has 0 unspecified atom stereocenters. The molecule has 0 radical (unpaired) electrons. The molecule has 0 saturated heterocycles. The predicted molar refractivity (Wildman–Crippen MR) is 146 cm³/mol. The molecule has 0 aliphatic carbocycles. The number of hydrogen-bond donors (Lipinski definition) is 0. The third kappa shape index (κ3) is 8.75. The standard InChI is InChI=1S/C29H36O12/c1-16(30)38-24-14-22(34-5)28(40-18(3)32)20(26(24)36-7)12-10-9-11-13-21-27(37-8)25(39-17(2)31)15-23(35-6)29(21)41-19(4)33/h14-15H,9-13H2,1-8H3. The molecule has 0 aromatic heterocycles. The van der Waals surface area contributed by atoms with Crippen molar-refractivity contribution < 1.29 is 57.1 Å². The lowest BCUT2D eigenvalue weighted by molar-refractivity contribution is -0.133. The zero-order valence-electron chi connectivity index (χ0n) is 24.6. The summed E-state index contributed by atoms with van der Waals surface area (Å²) in [6.07, 6.45) is 2.57. The van der Waals surface area contributed by atoms with Crippen LogP contribution >= 0.6 is 0 Å². The fourth-order valence-electron chi connectivity index (χ4n) is 4.26. The second-order valence-electron chi connectivity index (χ2n) is 8.77. The van der Waals surface area contributed by atoms with Crippen LogP contribution in [0.15, 0.2) is 12.1 Å². The van der Waals surface area contributed by atoms with Crippen molar-refractivity contribution in [2.24, 2.45) is 0 Å². The molecule has 0 atom stereocenters. The van der Waals surface area contributed by atoms with Gasteiger partial charge in [0.1, 0.15) is 0 Å². The summed E-state index contributed by atoms with van der Waals surface area (Å²) in [6.45, 7) is 5.05. The van der Waals surface area contributed by atoms with Gasteiger partial charge in [0.05, 0.1) is 28.4 Å². The van der Waals surface area contributed by atoms with Crippen LogP contribution in [0.2, 0.25) is 0 Å². The molecule has 0 aliphatic rings. The highest BCUT2D eigenvalue weighted by Gasteiger charge is 2.26. The van der Waals surface area contributed by atoms with Crippen LogP contribution in [0.25, 0.3) is 0 Å². The van der Waals surface area contributed by atoms with Crippen molar-refractivity contribution in [2.75, 3.05) is 28.4 Å². The van der Waals surface area contributed by atoms with Crippen molar-refractivity contribution in [3.05, 3.63) is 23.3 Å². The Morgan fingerprint density at radius 3 is 1.07 bits per heavy atom. The minimum Gasteiger partial charge on any atom is -0.493 e. The van der Waals surface area contributed by atoms with Crippen LogP contribution < -0.4 is 37.9 Å². The van der Waals surface area contributed by atoms with E-state index in [0.717, 1.165) is 0 Å². The molecule has 0 N–H and O–H groups in total. The van der Waals surface area contributed by atoms with Crippen LogP contribution in [-0.4, -0.2) is 52.3 Å². The van der Waals surface area contributed by atoms with Gasteiger partial charge in [-0.1, -0.05) is 6.42 Å². The molecule has 0 amide bonds. The Kier molecular flexibility index (Phi) is 12.2. The summed E-state index contributed by atoms with van der Waals surface area (Å²) in [4.78, 5) is 47.1. The Morgan fingerprint density at radius 1 is 0.463 bits per heavy atom. The Morgan fingerprint density at radius 2 is 0.805 bits per heavy atom. The van der Waals surface area contributed by atoms with Gasteiger partial charge in [-0.3, -0.25) is 19.2 Å². The molecule has 0 heterocycles. The van der Waals surface area contributed by atoms with E-state index in [4.69, 9.17) is 37.9 Å². The van der Waals surface area contributed by atoms with Gasteiger partial charge in [-0.2, -0.15) is 0 Å². The van der Waals surface area contributed by atoms with Crippen LogP contribution in [0.4, 0.5) is 0 Å². The van der Waals surface area contributed by atoms with Crippen LogP contribution in [0.5, 0.6) is 46.0 Å². The van der Waals surface area contributed by atoms with Gasteiger partial charge >= 0.3 is 23.9 Å². The molecule has 41 heavy (non-hydrogen) atoms. The molecule has 12 heteroatoms. The molecule has 0 fully saturated rings. The average molecular weight is 577 g/mol. The lowest BCUT2D eigenvalue weighted by Crippen LogP contribution is -2.10. The highest BCUT2D eigenvalue weighted by molar-refractivity contribution is 5.77. The number of ether oxygens (including phenoxy) is 8. The van der Waals surface area contributed by atoms with E-state index in [2.05, 4.69) is 0 Å². The highest BCUT2D eigenvalue weighted by atomic mass is 16.6. The van der Waals surface area contributed by atoms with E-state index >= 15 is 0 Å². The molecule has 2 rings (SSSR count). The molecular weight excluding hydrogens is 540 g/mol. The van der Waals surface area contributed by atoms with Crippen molar-refractivity contribution in [1.29, 1.82) is 0 Å². The molecule has 224 valence electrons. The fourth-order valence-corrected chi connectivity index (χ4v) is 4.26. The second kappa shape index (κ2) is 15.3. The van der Waals surface area contributed by atoms with Gasteiger partial charge in [0.2, 0.25) is 0 Å². The quantitative estimate of drug-likeness (QED) is 0.179. The first-order valence-electron chi connectivity index (χ1n) is 12.8. The third-order valence-electron chi connectivity index (χ3n) is 5.72. The first-order chi connectivity index (χ1) is 19.5. The van der Waals surface area contributed by atoms with E-state index in [0.29, 0.717) is 43.2 Å². The van der Waals surface area contributed by atoms with Crippen molar-refractivity contribution in [1.82, 2.24) is 0 Å². The number of hydrogen-bond acceptors (Lipinski definition) is 12. The molecule has 12 nitrogen and oxygen atoms in total. The fraction of sp³-hybridized carbons (Fsp3) is 0.448. The number of rotatable bonds is 14. The summed E-state index contributed by atoms with van der Waals surface area (Å²) < 4.78 is 43.4. The molecule has 0 spiro atoms. The van der Waals surface area contributed by atoms with Crippen LogP contribution in [-0.2, 0) is 32.0 Å².